The van der Waals surface area contributed by atoms with Gasteiger partial charge in [-0.1, -0.05) is 300 Å². The standard InChI is InChI=1S/C58H62O6P2.C34H48O2.C12H8ClO2P/c1-54(2,3)42-32-44(56(7,8)9)52(63-65-59-46-25-17-13-21-36(46)37-22-14-18-26-47(37)60-65)50-40(42)30-34-29-35-31-41-43(55(4,5)6)33-45(57(10,11)12)53(51(41)58(34,35)50)64-66-61-48-27-19-15-23-38(48)39-24-16-20-28-49(39)62-66;1-30(2,3)22-16-24(32(7,8)9)28(35)26-20(22)14-18-13-19-15-21-23(31(4,5)6)17-25(33(10,11)12)29(36)27(21)34(18,19)26;13-16-14-11-7-3-1-5-9(11)10-6-2-4-8-12(10)15-16/h13-28,32-35H,29-31H2,1-12H3;16-19,35-36H,13-15H2,1-12H3;1-8H/t34-,35+,58?;18-,19+,34?;. The smallest absolute Gasteiger partial charge is 0.453 e. The molecule has 2 unspecified atom stereocenters. The van der Waals surface area contributed by atoms with Gasteiger partial charge in [-0.2, -0.15) is 0 Å². The molecule has 6 aliphatic rings. The summed E-state index contributed by atoms with van der Waals surface area (Å²) < 4.78 is 54.0. The van der Waals surface area contributed by atoms with Gasteiger partial charge < -0.3 is 44.4 Å². The second-order valence-electron chi connectivity index (χ2n) is 42.8. The fourth-order valence-corrected chi connectivity index (χ4v) is 24.9. The van der Waals surface area contributed by atoms with E-state index in [1.807, 2.05) is 97.1 Å². The first-order valence-corrected chi connectivity index (χ1v) is 46.8. The van der Waals surface area contributed by atoms with Crippen LogP contribution in [0.5, 0.6) is 23.0 Å². The first-order chi connectivity index (χ1) is 55.3. The van der Waals surface area contributed by atoms with Gasteiger partial charge in [-0.05, 0) is 198 Å². The molecule has 13 aromatic rings. The number of halogens is 1. The van der Waals surface area contributed by atoms with E-state index in [0.717, 1.165) is 132 Å². The highest BCUT2D eigenvalue weighted by Crippen LogP contribution is 2.76. The van der Waals surface area contributed by atoms with Crippen LogP contribution in [-0.4, -0.2) is 10.2 Å². The third-order valence-corrected chi connectivity index (χ3v) is 29.9. The summed E-state index contributed by atoms with van der Waals surface area (Å²) in [5, 5.41) is 30.2. The van der Waals surface area contributed by atoms with Crippen molar-refractivity contribution in [2.24, 2.45) is 23.7 Å². The van der Waals surface area contributed by atoms with Crippen molar-refractivity contribution in [2.75, 3.05) is 0 Å². The highest BCUT2D eigenvalue weighted by Gasteiger charge is 2.70. The number of phenolic OH excluding ortho intramolecular Hbond substituents is 2. The Morgan fingerprint density at radius 3 is 0.729 bits per heavy atom. The molecular weight excluding hydrogens is 1540 g/mol. The van der Waals surface area contributed by atoms with E-state index in [4.69, 9.17) is 45.5 Å². The summed E-state index contributed by atoms with van der Waals surface area (Å²) >= 11 is 6.00. The zero-order valence-electron chi connectivity index (χ0n) is 73.6. The molecule has 0 radical (unpaired) electrons. The molecule has 6 atom stereocenters. The molecule has 3 aromatic heterocycles. The molecule has 2 saturated carbocycles. The summed E-state index contributed by atoms with van der Waals surface area (Å²) in [7, 11) is -5.31. The van der Waals surface area contributed by atoms with E-state index in [9.17, 15) is 10.2 Å². The lowest BCUT2D eigenvalue weighted by Gasteiger charge is -2.51. The largest absolute Gasteiger partial charge is 0.507 e. The molecule has 2 spiro atoms. The molecule has 0 amide bonds. The van der Waals surface area contributed by atoms with Gasteiger partial charge in [0.1, 0.15) is 56.5 Å². The summed E-state index contributed by atoms with van der Waals surface area (Å²) in [6.07, 6.45) is 6.20. The molecule has 0 saturated heterocycles. The van der Waals surface area contributed by atoms with Gasteiger partial charge in [0, 0.05) is 87.8 Å². The molecule has 2 N–H and O–H groups in total. The molecular formula is C104H118ClO10P3. The molecule has 616 valence electrons. The average Bonchev–Trinajstić information content (AvgIpc) is 1.48. The molecule has 0 bridgehead atoms. The summed E-state index contributed by atoms with van der Waals surface area (Å²) in [5.74, 6) is 4.31. The zero-order valence-corrected chi connectivity index (χ0v) is 77.0. The minimum absolute atomic E-state index is 0.0129. The van der Waals surface area contributed by atoms with Gasteiger partial charge in [-0.15, -0.1) is 0 Å². The Hall–Kier alpha value is -8.61. The van der Waals surface area contributed by atoms with Crippen LogP contribution in [0.3, 0.4) is 0 Å². The fraction of sp³-hybridized carbons (Fsp3) is 0.423. The number of hydrogen-bond donors (Lipinski definition) is 2. The van der Waals surface area contributed by atoms with Gasteiger partial charge in [0.2, 0.25) is 0 Å². The third kappa shape index (κ3) is 13.4. The predicted octanol–water partition coefficient (Wildman–Crippen LogP) is 31.4. The second kappa shape index (κ2) is 28.2. The maximum atomic E-state index is 12.1. The molecule has 14 heteroatoms. The van der Waals surface area contributed by atoms with Crippen LogP contribution in [0.25, 0.3) is 65.8 Å². The van der Waals surface area contributed by atoms with Gasteiger partial charge in [0.05, 0.1) is 0 Å². The Morgan fingerprint density at radius 2 is 0.492 bits per heavy atom. The van der Waals surface area contributed by atoms with Gasteiger partial charge in [0.25, 0.3) is 0 Å². The molecule has 6 aliphatic carbocycles. The number of phenols is 2. The lowest BCUT2D eigenvalue weighted by atomic mass is 9.52. The van der Waals surface area contributed by atoms with Crippen molar-refractivity contribution < 1.29 is 44.4 Å². The van der Waals surface area contributed by atoms with Crippen LogP contribution < -0.4 is 9.05 Å². The molecule has 10 aromatic carbocycles. The Bertz CT molecular complexity index is 5890. The summed E-state index contributed by atoms with van der Waals surface area (Å²) in [6.45, 7) is 55.1. The third-order valence-electron chi connectivity index (χ3n) is 26.8. The van der Waals surface area contributed by atoms with E-state index in [2.05, 4.69) is 239 Å². The normalized spacial score (nSPS) is 19.8. The minimum Gasteiger partial charge on any atom is -0.507 e. The van der Waals surface area contributed by atoms with Crippen LogP contribution >= 0.6 is 35.1 Å². The minimum atomic E-state index is -1.94. The fourth-order valence-electron chi connectivity index (χ4n) is 21.6. The highest BCUT2D eigenvalue weighted by atomic mass is 35.7. The van der Waals surface area contributed by atoms with E-state index in [-0.39, 0.29) is 48.7 Å². The first kappa shape index (κ1) is 81.7. The Kier molecular flexibility index (Phi) is 19.6. The second-order valence-corrected chi connectivity index (χ2v) is 46.4. The summed E-state index contributed by atoms with van der Waals surface area (Å²) in [6, 6.07) is 58.0. The summed E-state index contributed by atoms with van der Waals surface area (Å²) in [4.78, 5) is 0. The topological polar surface area (TPSA) is 138 Å². The van der Waals surface area contributed by atoms with E-state index in [1.165, 1.54) is 73.2 Å². The van der Waals surface area contributed by atoms with Gasteiger partial charge >= 0.3 is 23.8 Å². The number of hydrogen-bond acceptors (Lipinski definition) is 10. The van der Waals surface area contributed by atoms with Crippen LogP contribution in [0.2, 0.25) is 0 Å². The average molecular weight is 1660 g/mol. The Labute approximate surface area is 705 Å². The SMILES string of the molecule is CC(C)(C)c1cc(C(C)(C)C)c(Op2oc3ccccc3c3ccccc3o2)c2c1C[C@@H]1C[C@@H]3Cc4c(C(C)(C)C)cc(C(C)(C)C)c(Op5oc6ccccc6c6ccccc6o5)c4C213.CC(C)(C)c1cc(C(C)(C)C)c2c(c1O)C13c4c(O)c(C(C)(C)C)cc(C(C)(C)C)c4C[C@H]1C[C@H]3C2.Clp1oc2ccccc2c2ccccc2o1. The van der Waals surface area contributed by atoms with Crippen LogP contribution in [0.15, 0.2) is 195 Å². The molecule has 19 rings (SSSR count). The van der Waals surface area contributed by atoms with Crippen molar-refractivity contribution in [3.63, 3.8) is 0 Å². The molecule has 0 aliphatic heterocycles. The van der Waals surface area contributed by atoms with Crippen LogP contribution in [0.4, 0.5) is 0 Å². The monoisotopic (exact) mass is 1650 g/mol. The predicted molar refractivity (Wildman–Crippen MR) is 491 cm³/mol. The molecule has 118 heavy (non-hydrogen) atoms. The number of fused-ring (bicyclic) bond motifs is 13. The van der Waals surface area contributed by atoms with Gasteiger partial charge in [-0.25, -0.2) is 0 Å². The molecule has 2 fully saturated rings. The number of aromatic hydroxyl groups is 2. The number of benzene rings is 10. The maximum absolute atomic E-state index is 12.1. The Morgan fingerprint density at radius 1 is 0.288 bits per heavy atom. The van der Waals surface area contributed by atoms with Crippen molar-refractivity contribution in [1.29, 1.82) is 0 Å². The van der Waals surface area contributed by atoms with Crippen molar-refractivity contribution in [1.82, 2.24) is 0 Å². The first-order valence-electron chi connectivity index (χ1n) is 42.6. The number of rotatable bonds is 4. The van der Waals surface area contributed by atoms with Crippen LogP contribution in [-0.2, 0) is 79.8 Å². The maximum Gasteiger partial charge on any atom is 0.453 e. The van der Waals surface area contributed by atoms with E-state index in [0.29, 0.717) is 35.2 Å². The Balaban J connectivity index is 0.000000158. The van der Waals surface area contributed by atoms with Gasteiger partial charge in [-0.3, -0.25) is 0 Å². The zero-order chi connectivity index (χ0) is 84.2. The van der Waals surface area contributed by atoms with E-state index in [1.54, 1.807) is 0 Å². The van der Waals surface area contributed by atoms with E-state index >= 15 is 0 Å². The van der Waals surface area contributed by atoms with Crippen LogP contribution in [0.1, 0.15) is 268 Å². The van der Waals surface area contributed by atoms with Gasteiger partial charge in [0.15, 0.2) is 0 Å². The lowest BCUT2D eigenvalue weighted by molar-refractivity contribution is 0.0934. The van der Waals surface area contributed by atoms with Crippen molar-refractivity contribution in [2.45, 2.75) is 259 Å². The van der Waals surface area contributed by atoms with Crippen molar-refractivity contribution >= 4 is 101 Å². The lowest BCUT2D eigenvalue weighted by Crippen LogP contribution is -2.49. The van der Waals surface area contributed by atoms with Crippen LogP contribution in [0, 0.1) is 23.7 Å². The number of para-hydroxylation sites is 6. The van der Waals surface area contributed by atoms with E-state index < -0.39 is 29.3 Å². The molecule has 10 nitrogen and oxygen atoms in total. The van der Waals surface area contributed by atoms with Crippen molar-refractivity contribution in [3.8, 4) is 23.0 Å². The quantitative estimate of drug-likeness (QED) is 0.175. The highest BCUT2D eigenvalue weighted by molar-refractivity contribution is 7.68. The summed E-state index contributed by atoms with van der Waals surface area (Å²) in [5.41, 5.74) is 23.0. The molecule has 3 heterocycles. The van der Waals surface area contributed by atoms with Crippen molar-refractivity contribution in [3.05, 3.63) is 259 Å².